The highest BCUT2D eigenvalue weighted by molar-refractivity contribution is 5.87. The lowest BCUT2D eigenvalue weighted by Crippen LogP contribution is -2.00. The third-order valence-electron chi connectivity index (χ3n) is 1.76. The molecule has 0 bridgehead atoms. The molecule has 0 aliphatic heterocycles. The molecule has 0 fully saturated rings. The van der Waals surface area contributed by atoms with Gasteiger partial charge < -0.3 is 5.11 Å². The van der Waals surface area contributed by atoms with Crippen molar-refractivity contribution in [3.63, 3.8) is 0 Å². The van der Waals surface area contributed by atoms with Gasteiger partial charge in [-0.2, -0.15) is 15.0 Å². The fourth-order valence-electron chi connectivity index (χ4n) is 1.09. The van der Waals surface area contributed by atoms with Crippen LogP contribution < -0.4 is 0 Å². The molecule has 0 aliphatic carbocycles. The Bertz CT molecular complexity index is 439. The Kier molecular flexibility index (Phi) is 3.41. The fourth-order valence-corrected chi connectivity index (χ4v) is 1.09. The largest absolute Gasteiger partial charge is 0.478 e. The molecule has 15 heavy (non-hydrogen) atoms. The molecular weight excluding hydrogens is 218 g/mol. The van der Waals surface area contributed by atoms with Gasteiger partial charge >= 0.3 is 5.97 Å². The van der Waals surface area contributed by atoms with Crippen LogP contribution in [0.4, 0.5) is 0 Å². The van der Waals surface area contributed by atoms with Gasteiger partial charge in [-0.15, -0.1) is 12.4 Å². The van der Waals surface area contributed by atoms with E-state index >= 15 is 0 Å². The lowest BCUT2D eigenvalue weighted by Gasteiger charge is -1.99. The second-order valence-electron chi connectivity index (χ2n) is 2.67. The zero-order valence-corrected chi connectivity index (χ0v) is 8.39. The van der Waals surface area contributed by atoms with Crippen LogP contribution in [-0.4, -0.2) is 26.1 Å². The van der Waals surface area contributed by atoms with E-state index in [0.29, 0.717) is 0 Å². The van der Waals surface area contributed by atoms with Crippen molar-refractivity contribution in [1.29, 1.82) is 0 Å². The molecule has 0 spiro atoms. The van der Waals surface area contributed by atoms with Crippen molar-refractivity contribution in [3.8, 4) is 5.69 Å². The van der Waals surface area contributed by atoms with Gasteiger partial charge in [0.05, 0.1) is 23.6 Å². The van der Waals surface area contributed by atoms with Crippen LogP contribution >= 0.6 is 12.4 Å². The van der Waals surface area contributed by atoms with Gasteiger partial charge in [0.15, 0.2) is 0 Å². The highest BCUT2D eigenvalue weighted by Crippen LogP contribution is 2.06. The number of rotatable bonds is 2. The Morgan fingerprint density at radius 3 is 2.13 bits per heavy atom. The van der Waals surface area contributed by atoms with Gasteiger partial charge in [0.25, 0.3) is 0 Å². The smallest absolute Gasteiger partial charge is 0.335 e. The molecule has 78 valence electrons. The molecule has 0 saturated heterocycles. The number of aromatic carboxylic acids is 1. The van der Waals surface area contributed by atoms with Crippen LogP contribution in [-0.2, 0) is 0 Å². The lowest BCUT2D eigenvalue weighted by atomic mass is 10.2. The average molecular weight is 226 g/mol. The first kappa shape index (κ1) is 11.2. The predicted molar refractivity (Wildman–Crippen MR) is 55.6 cm³/mol. The summed E-state index contributed by atoms with van der Waals surface area (Å²) in [5.41, 5.74) is 0.987. The van der Waals surface area contributed by atoms with Crippen molar-refractivity contribution in [2.24, 2.45) is 0 Å². The van der Waals surface area contributed by atoms with Gasteiger partial charge in [0.1, 0.15) is 0 Å². The van der Waals surface area contributed by atoms with Crippen molar-refractivity contribution in [2.45, 2.75) is 0 Å². The first-order valence-electron chi connectivity index (χ1n) is 3.97. The molecule has 0 amide bonds. The standard InChI is InChI=1S/C9H7N3O2.ClH/c13-9(14)7-1-3-8(4-2-7)12-10-5-6-11-12;/h1-6H,(H,13,14);1H. The summed E-state index contributed by atoms with van der Waals surface area (Å²) < 4.78 is 0. The molecular formula is C9H8ClN3O2. The summed E-state index contributed by atoms with van der Waals surface area (Å²) in [6.07, 6.45) is 3.12. The summed E-state index contributed by atoms with van der Waals surface area (Å²) in [6.45, 7) is 0. The SMILES string of the molecule is Cl.O=C(O)c1ccc(-n2nccn2)cc1. The molecule has 1 N–H and O–H groups in total. The maximum atomic E-state index is 10.6. The van der Waals surface area contributed by atoms with Crippen LogP contribution in [0.1, 0.15) is 10.4 Å². The Labute approximate surface area is 91.8 Å². The van der Waals surface area contributed by atoms with Gasteiger partial charge in [0, 0.05) is 0 Å². The Hall–Kier alpha value is -1.88. The third-order valence-corrected chi connectivity index (χ3v) is 1.76. The number of nitrogens with zero attached hydrogens (tertiary/aromatic N) is 3. The molecule has 1 aromatic heterocycles. The first-order chi connectivity index (χ1) is 6.77. The zero-order chi connectivity index (χ0) is 9.97. The number of benzene rings is 1. The third kappa shape index (κ3) is 2.32. The molecule has 0 radical (unpaired) electrons. The van der Waals surface area contributed by atoms with Crippen LogP contribution in [0.3, 0.4) is 0 Å². The van der Waals surface area contributed by atoms with E-state index in [1.165, 1.54) is 16.9 Å². The maximum absolute atomic E-state index is 10.6. The number of carboxylic acid groups (broad SMARTS) is 1. The van der Waals surface area contributed by atoms with Crippen molar-refractivity contribution in [1.82, 2.24) is 15.0 Å². The van der Waals surface area contributed by atoms with Gasteiger partial charge in [-0.1, -0.05) is 0 Å². The second-order valence-corrected chi connectivity index (χ2v) is 2.67. The van der Waals surface area contributed by atoms with E-state index < -0.39 is 5.97 Å². The number of hydrogen-bond donors (Lipinski definition) is 1. The monoisotopic (exact) mass is 225 g/mol. The van der Waals surface area contributed by atoms with E-state index in [4.69, 9.17) is 5.11 Å². The van der Waals surface area contributed by atoms with Gasteiger partial charge in [-0.3, -0.25) is 0 Å². The fraction of sp³-hybridized carbons (Fsp3) is 0. The van der Waals surface area contributed by atoms with E-state index in [9.17, 15) is 4.79 Å². The van der Waals surface area contributed by atoms with Gasteiger partial charge in [0.2, 0.25) is 0 Å². The minimum absolute atomic E-state index is 0. The molecule has 1 heterocycles. The van der Waals surface area contributed by atoms with E-state index in [2.05, 4.69) is 10.2 Å². The van der Waals surface area contributed by atoms with Crippen molar-refractivity contribution >= 4 is 18.4 Å². The van der Waals surface area contributed by atoms with E-state index in [1.807, 2.05) is 0 Å². The molecule has 2 aromatic rings. The first-order valence-corrected chi connectivity index (χ1v) is 3.97. The lowest BCUT2D eigenvalue weighted by molar-refractivity contribution is 0.0697. The minimum Gasteiger partial charge on any atom is -0.478 e. The molecule has 2 rings (SSSR count). The number of carbonyl (C=O) groups is 1. The van der Waals surface area contributed by atoms with Gasteiger partial charge in [-0.05, 0) is 24.3 Å². The number of hydrogen-bond acceptors (Lipinski definition) is 3. The quantitative estimate of drug-likeness (QED) is 0.839. The molecule has 0 saturated carbocycles. The maximum Gasteiger partial charge on any atom is 0.335 e. The minimum atomic E-state index is -0.940. The topological polar surface area (TPSA) is 68.0 Å². The summed E-state index contributed by atoms with van der Waals surface area (Å²) in [6, 6.07) is 6.34. The summed E-state index contributed by atoms with van der Waals surface area (Å²) in [5.74, 6) is -0.940. The highest BCUT2D eigenvalue weighted by atomic mass is 35.5. The van der Waals surface area contributed by atoms with E-state index in [0.717, 1.165) is 5.69 Å². The zero-order valence-electron chi connectivity index (χ0n) is 7.57. The summed E-state index contributed by atoms with van der Waals surface area (Å²) in [5, 5.41) is 16.5. The van der Waals surface area contributed by atoms with E-state index in [1.54, 1.807) is 24.5 Å². The predicted octanol–water partition coefficient (Wildman–Crippen LogP) is 1.39. The summed E-state index contributed by atoms with van der Waals surface area (Å²) in [7, 11) is 0. The number of halogens is 1. The summed E-state index contributed by atoms with van der Waals surface area (Å²) >= 11 is 0. The van der Waals surface area contributed by atoms with Crippen LogP contribution in [0.25, 0.3) is 5.69 Å². The van der Waals surface area contributed by atoms with Crippen LogP contribution in [0.2, 0.25) is 0 Å². The molecule has 0 atom stereocenters. The van der Waals surface area contributed by atoms with Crippen LogP contribution in [0, 0.1) is 0 Å². The van der Waals surface area contributed by atoms with E-state index in [-0.39, 0.29) is 18.0 Å². The van der Waals surface area contributed by atoms with Crippen molar-refractivity contribution in [3.05, 3.63) is 42.2 Å². The molecule has 0 aliphatic rings. The summed E-state index contributed by atoms with van der Waals surface area (Å²) in [4.78, 5) is 12.0. The van der Waals surface area contributed by atoms with Crippen molar-refractivity contribution in [2.75, 3.05) is 0 Å². The Morgan fingerprint density at radius 2 is 1.67 bits per heavy atom. The Morgan fingerprint density at radius 1 is 1.13 bits per heavy atom. The van der Waals surface area contributed by atoms with Crippen molar-refractivity contribution < 1.29 is 9.90 Å². The molecule has 5 nitrogen and oxygen atoms in total. The van der Waals surface area contributed by atoms with Gasteiger partial charge in [-0.25, -0.2) is 4.79 Å². The second kappa shape index (κ2) is 4.56. The normalized spacial score (nSPS) is 9.33. The highest BCUT2D eigenvalue weighted by Gasteiger charge is 2.02. The molecule has 1 aromatic carbocycles. The van der Waals surface area contributed by atoms with Crippen LogP contribution in [0.5, 0.6) is 0 Å². The molecule has 0 unspecified atom stereocenters. The van der Waals surface area contributed by atoms with Crippen LogP contribution in [0.15, 0.2) is 36.7 Å². The number of aromatic nitrogens is 3. The average Bonchev–Trinajstić information content (AvgIpc) is 2.71. The Balaban J connectivity index is 0.00000112. The number of carboxylic acids is 1. The molecule has 6 heteroatoms.